The molecule has 3 heterocycles. The first kappa shape index (κ1) is 28.0. The Morgan fingerprint density at radius 2 is 1.93 bits per heavy atom. The summed E-state index contributed by atoms with van der Waals surface area (Å²) in [5, 5.41) is 18.8. The normalized spacial score (nSPS) is 21.9. The highest BCUT2D eigenvalue weighted by molar-refractivity contribution is 5.99. The smallest absolute Gasteiger partial charge is 0.307 e. The number of hydrogen-bond acceptors (Lipinski definition) is 6. The van der Waals surface area contributed by atoms with Crippen LogP contribution in [0, 0.1) is 43.3 Å². The molecule has 2 saturated heterocycles. The molecule has 3 aromatic rings. The number of aryl methyl sites for hydroxylation is 3. The second kappa shape index (κ2) is 10.1. The number of rotatable bonds is 6. The maximum Gasteiger partial charge on any atom is 0.307 e. The largest absolute Gasteiger partial charge is 0.448 e. The van der Waals surface area contributed by atoms with Crippen molar-refractivity contribution in [1.82, 2.24) is 20.4 Å². The molecule has 0 saturated carbocycles. The van der Waals surface area contributed by atoms with Crippen molar-refractivity contribution in [2.24, 2.45) is 5.41 Å². The van der Waals surface area contributed by atoms with Crippen LogP contribution in [-0.4, -0.2) is 39.0 Å². The number of ether oxygens (including phenoxy) is 1. The van der Waals surface area contributed by atoms with E-state index in [4.69, 9.17) is 4.74 Å². The van der Waals surface area contributed by atoms with Crippen LogP contribution in [0.3, 0.4) is 0 Å². The van der Waals surface area contributed by atoms with Crippen LogP contribution in [0.2, 0.25) is 0 Å². The molecular formula is C31H32FN5O4. The van der Waals surface area contributed by atoms with Gasteiger partial charge in [-0.2, -0.15) is 10.4 Å². The first-order chi connectivity index (χ1) is 19.4. The molecule has 9 nitrogen and oxygen atoms in total. The van der Waals surface area contributed by atoms with E-state index >= 15 is 4.39 Å². The highest BCUT2D eigenvalue weighted by Gasteiger charge is 2.61. The van der Waals surface area contributed by atoms with Crippen molar-refractivity contribution in [1.29, 1.82) is 5.26 Å². The molecule has 0 bridgehead atoms. The van der Waals surface area contributed by atoms with Crippen molar-refractivity contribution in [3.05, 3.63) is 86.6 Å². The summed E-state index contributed by atoms with van der Waals surface area (Å²) in [6.07, 6.45) is 1.68. The molecule has 41 heavy (non-hydrogen) atoms. The molecule has 2 amide bonds. The van der Waals surface area contributed by atoms with Gasteiger partial charge in [0.2, 0.25) is 5.91 Å². The second-order valence-electron chi connectivity index (χ2n) is 11.6. The van der Waals surface area contributed by atoms with Gasteiger partial charge in [0.05, 0.1) is 28.8 Å². The first-order valence-electron chi connectivity index (χ1n) is 13.5. The summed E-state index contributed by atoms with van der Waals surface area (Å²) < 4.78 is 20.7. The Hall–Kier alpha value is -4.52. The molecule has 0 radical (unpaired) electrons. The minimum Gasteiger partial charge on any atom is -0.448 e. The molecule has 5 rings (SSSR count). The van der Waals surface area contributed by atoms with Gasteiger partial charge in [-0.25, -0.2) is 9.49 Å². The summed E-state index contributed by atoms with van der Waals surface area (Å²) in [6, 6.07) is 12.9. The first-order valence-corrected chi connectivity index (χ1v) is 13.5. The van der Waals surface area contributed by atoms with E-state index in [1.165, 1.54) is 12.1 Å². The number of nitriles is 1. The van der Waals surface area contributed by atoms with Crippen LogP contribution < -0.4 is 15.6 Å². The summed E-state index contributed by atoms with van der Waals surface area (Å²) >= 11 is 0. The zero-order chi connectivity index (χ0) is 29.7. The summed E-state index contributed by atoms with van der Waals surface area (Å²) in [5.74, 6) is -1.99. The van der Waals surface area contributed by atoms with E-state index in [0.29, 0.717) is 30.5 Å². The molecule has 212 valence electrons. The number of nitrogens with one attached hydrogen (secondary N) is 2. The fourth-order valence-corrected chi connectivity index (χ4v) is 6.32. The molecule has 0 unspecified atom stereocenters. The topological polar surface area (TPSA) is 128 Å². The van der Waals surface area contributed by atoms with Gasteiger partial charge in [-0.05, 0) is 76.3 Å². The van der Waals surface area contributed by atoms with E-state index in [1.54, 1.807) is 13.8 Å². The van der Waals surface area contributed by atoms with Crippen LogP contribution in [0.15, 0.2) is 47.3 Å². The lowest BCUT2D eigenvalue weighted by Gasteiger charge is -2.39. The summed E-state index contributed by atoms with van der Waals surface area (Å²) in [7, 11) is 0. The molecule has 2 N–H and O–H groups in total. The van der Waals surface area contributed by atoms with Crippen molar-refractivity contribution >= 4 is 11.8 Å². The molecular weight excluding hydrogens is 525 g/mol. The van der Waals surface area contributed by atoms with E-state index in [2.05, 4.69) is 21.6 Å². The number of aromatic nitrogens is 2. The number of nitrogens with zero attached hydrogens (tertiary/aromatic N) is 3. The lowest BCUT2D eigenvalue weighted by atomic mass is 9.82. The van der Waals surface area contributed by atoms with Gasteiger partial charge < -0.3 is 15.0 Å². The van der Waals surface area contributed by atoms with Crippen LogP contribution in [-0.2, 0) is 10.3 Å². The number of H-pyrrole nitrogens is 1. The van der Waals surface area contributed by atoms with Crippen molar-refractivity contribution in [2.75, 3.05) is 0 Å². The van der Waals surface area contributed by atoms with E-state index in [9.17, 15) is 19.6 Å². The lowest BCUT2D eigenvalue weighted by molar-refractivity contribution is -0.135. The molecule has 2 aliphatic heterocycles. The van der Waals surface area contributed by atoms with Crippen LogP contribution >= 0.6 is 0 Å². The van der Waals surface area contributed by atoms with Gasteiger partial charge in [0.1, 0.15) is 6.04 Å². The van der Waals surface area contributed by atoms with Crippen molar-refractivity contribution < 1.29 is 18.7 Å². The van der Waals surface area contributed by atoms with Gasteiger partial charge in [0.15, 0.2) is 17.3 Å². The molecule has 2 fully saturated rings. The summed E-state index contributed by atoms with van der Waals surface area (Å²) in [6.45, 7) is 8.89. The molecule has 2 aromatic carbocycles. The fraction of sp³-hybridized carbons (Fsp3) is 0.387. The maximum atomic E-state index is 15.2. The lowest BCUT2D eigenvalue weighted by Crippen LogP contribution is -2.50. The monoisotopic (exact) mass is 557 g/mol. The summed E-state index contributed by atoms with van der Waals surface area (Å²) in [4.78, 5) is 41.2. The number of hydrogen-bond donors (Lipinski definition) is 2. The van der Waals surface area contributed by atoms with Gasteiger partial charge in [0.25, 0.3) is 5.91 Å². The van der Waals surface area contributed by atoms with Gasteiger partial charge >= 0.3 is 5.56 Å². The van der Waals surface area contributed by atoms with Crippen LogP contribution in [0.5, 0.6) is 11.5 Å². The van der Waals surface area contributed by atoms with Gasteiger partial charge in [-0.15, -0.1) is 0 Å². The third kappa shape index (κ3) is 4.75. The minimum atomic E-state index is -0.850. The third-order valence-electron chi connectivity index (χ3n) is 8.36. The minimum absolute atomic E-state index is 0.0193. The maximum absolute atomic E-state index is 15.2. The predicted molar refractivity (Wildman–Crippen MR) is 149 cm³/mol. The predicted octanol–water partition coefficient (Wildman–Crippen LogP) is 4.56. The number of aromatic amines is 1. The average Bonchev–Trinajstić information content (AvgIpc) is 3.44. The highest BCUT2D eigenvalue weighted by Crippen LogP contribution is 2.54. The van der Waals surface area contributed by atoms with Gasteiger partial charge in [0, 0.05) is 18.1 Å². The van der Waals surface area contributed by atoms with Crippen molar-refractivity contribution in [3.8, 4) is 17.6 Å². The Labute approximate surface area is 237 Å². The zero-order valence-corrected chi connectivity index (χ0v) is 23.7. The fourth-order valence-electron chi connectivity index (χ4n) is 6.32. The number of fused-ring (bicyclic) bond motifs is 1. The Morgan fingerprint density at radius 3 is 2.61 bits per heavy atom. The Balaban J connectivity index is 1.44. The highest BCUT2D eigenvalue weighted by atomic mass is 19.1. The van der Waals surface area contributed by atoms with E-state index in [-0.39, 0.29) is 29.0 Å². The number of halogens is 1. The standard InChI is InChI=1S/C31H32FN5O4/c1-17-8-6-7-9-21(17)31-11-10-25(30(4,5)16-33)37(31)29(40)23(15-31)34-27(38)20-12-18(2)26(22(32)14-20)41-24-13-19(3)35-36-28(24)39/h6-9,12-14,23,25H,10-11,15H2,1-5H3,(H,34,38)(H,36,39)/t23-,25+,31+/m0/s1. The molecule has 0 spiro atoms. The van der Waals surface area contributed by atoms with Crippen LogP contribution in [0.4, 0.5) is 4.39 Å². The Morgan fingerprint density at radius 1 is 1.20 bits per heavy atom. The zero-order valence-electron chi connectivity index (χ0n) is 23.7. The van der Waals surface area contributed by atoms with Crippen LogP contribution in [0.25, 0.3) is 0 Å². The Bertz CT molecular complexity index is 1640. The Kier molecular flexibility index (Phi) is 6.93. The van der Waals surface area contributed by atoms with E-state index in [1.807, 2.05) is 49.9 Å². The quantitative estimate of drug-likeness (QED) is 0.457. The average molecular weight is 558 g/mol. The number of carbonyl (C=O) groups is 2. The van der Waals surface area contributed by atoms with Crippen molar-refractivity contribution in [3.63, 3.8) is 0 Å². The van der Waals surface area contributed by atoms with Gasteiger partial charge in [-0.1, -0.05) is 24.3 Å². The van der Waals surface area contributed by atoms with Crippen LogP contribution in [0.1, 0.15) is 65.9 Å². The SMILES string of the molecule is Cc1cc(Oc2c(C)cc(C(=O)N[C@H]3C[C@@]4(c5ccccc5C)CC[C@H](C(C)(C)C#N)N4C3=O)cc2F)c(=O)[nH]n1. The van der Waals surface area contributed by atoms with Gasteiger partial charge in [-0.3, -0.25) is 14.4 Å². The number of carbonyl (C=O) groups excluding carboxylic acids is 2. The second-order valence-corrected chi connectivity index (χ2v) is 11.6. The molecule has 3 atom stereocenters. The molecule has 10 heteroatoms. The van der Waals surface area contributed by atoms with Crippen molar-refractivity contribution in [2.45, 2.75) is 71.5 Å². The van der Waals surface area contributed by atoms with E-state index in [0.717, 1.165) is 17.2 Å². The molecule has 0 aliphatic carbocycles. The number of amides is 2. The molecule has 2 aliphatic rings. The summed E-state index contributed by atoms with van der Waals surface area (Å²) in [5.41, 5.74) is 0.782. The number of benzene rings is 2. The molecule has 1 aromatic heterocycles. The third-order valence-corrected chi connectivity index (χ3v) is 8.36. The van der Waals surface area contributed by atoms with E-state index < -0.39 is 34.3 Å².